The summed E-state index contributed by atoms with van der Waals surface area (Å²) in [6, 6.07) is 10.8. The molecule has 1 aliphatic heterocycles. The summed E-state index contributed by atoms with van der Waals surface area (Å²) in [6.45, 7) is 1.05. The highest BCUT2D eigenvalue weighted by molar-refractivity contribution is 5.98. The predicted octanol–water partition coefficient (Wildman–Crippen LogP) is 2.00. The lowest BCUT2D eigenvalue weighted by atomic mass is 10.1. The number of rotatable bonds is 5. The van der Waals surface area contributed by atoms with Gasteiger partial charge in [-0.25, -0.2) is 4.98 Å². The van der Waals surface area contributed by atoms with Crippen molar-refractivity contribution in [2.45, 2.75) is 6.10 Å². The van der Waals surface area contributed by atoms with Gasteiger partial charge in [0.15, 0.2) is 11.5 Å². The summed E-state index contributed by atoms with van der Waals surface area (Å²) in [5, 5.41) is 0. The molecule has 1 aromatic carbocycles. The molecule has 1 aliphatic rings. The van der Waals surface area contributed by atoms with Gasteiger partial charge >= 0.3 is 0 Å². The molecule has 0 N–H and O–H groups in total. The average Bonchev–Trinajstić information content (AvgIpc) is 2.57. The SMILES string of the molecule is COc1cccc(C(=O)N2CC(Oc3ccccn3)C2)c1OC. The molecule has 0 spiro atoms. The summed E-state index contributed by atoms with van der Waals surface area (Å²) in [5.74, 6) is 1.47. The number of carbonyl (C=O) groups is 1. The van der Waals surface area contributed by atoms with Crippen LogP contribution in [0.25, 0.3) is 0 Å². The summed E-state index contributed by atoms with van der Waals surface area (Å²) >= 11 is 0. The predicted molar refractivity (Wildman–Crippen MR) is 84.1 cm³/mol. The third-order valence-corrected chi connectivity index (χ3v) is 3.69. The van der Waals surface area contributed by atoms with E-state index in [0.717, 1.165) is 0 Å². The quantitative estimate of drug-likeness (QED) is 0.845. The van der Waals surface area contributed by atoms with E-state index in [1.165, 1.54) is 7.11 Å². The van der Waals surface area contributed by atoms with E-state index in [1.807, 2.05) is 12.1 Å². The lowest BCUT2D eigenvalue weighted by Gasteiger charge is -2.38. The highest BCUT2D eigenvalue weighted by Gasteiger charge is 2.34. The number of amides is 1. The number of hydrogen-bond donors (Lipinski definition) is 0. The molecule has 120 valence electrons. The molecule has 3 rings (SSSR count). The van der Waals surface area contributed by atoms with E-state index in [2.05, 4.69) is 4.98 Å². The van der Waals surface area contributed by atoms with Crippen molar-refractivity contribution < 1.29 is 19.0 Å². The molecule has 1 saturated heterocycles. The second kappa shape index (κ2) is 6.56. The number of likely N-dealkylation sites (tertiary alicyclic amines) is 1. The fourth-order valence-corrected chi connectivity index (χ4v) is 2.49. The van der Waals surface area contributed by atoms with Crippen LogP contribution in [0.1, 0.15) is 10.4 Å². The third kappa shape index (κ3) is 3.06. The van der Waals surface area contributed by atoms with Crippen LogP contribution in [0, 0.1) is 0 Å². The second-order valence-corrected chi connectivity index (χ2v) is 5.16. The number of benzene rings is 1. The molecule has 0 unspecified atom stereocenters. The fraction of sp³-hybridized carbons (Fsp3) is 0.294. The Labute approximate surface area is 134 Å². The zero-order chi connectivity index (χ0) is 16.2. The van der Waals surface area contributed by atoms with Crippen LogP contribution < -0.4 is 14.2 Å². The van der Waals surface area contributed by atoms with Crippen molar-refractivity contribution in [2.24, 2.45) is 0 Å². The van der Waals surface area contributed by atoms with Gasteiger partial charge in [0, 0.05) is 12.3 Å². The summed E-state index contributed by atoms with van der Waals surface area (Å²) in [5.41, 5.74) is 0.489. The number of pyridine rings is 1. The minimum absolute atomic E-state index is 0.0366. The Balaban J connectivity index is 1.65. The average molecular weight is 314 g/mol. The monoisotopic (exact) mass is 314 g/mol. The lowest BCUT2D eigenvalue weighted by molar-refractivity contribution is 0.0157. The van der Waals surface area contributed by atoms with Crippen LogP contribution in [-0.2, 0) is 0 Å². The van der Waals surface area contributed by atoms with Gasteiger partial charge in [-0.3, -0.25) is 4.79 Å². The van der Waals surface area contributed by atoms with Crippen molar-refractivity contribution in [3.8, 4) is 17.4 Å². The number of aromatic nitrogens is 1. The summed E-state index contributed by atoms with van der Waals surface area (Å²) in [7, 11) is 3.07. The Morgan fingerprint density at radius 3 is 2.61 bits per heavy atom. The van der Waals surface area contributed by atoms with E-state index < -0.39 is 0 Å². The van der Waals surface area contributed by atoms with Crippen LogP contribution in [0.2, 0.25) is 0 Å². The Morgan fingerprint density at radius 1 is 1.13 bits per heavy atom. The Kier molecular flexibility index (Phi) is 4.32. The first-order chi connectivity index (χ1) is 11.2. The number of ether oxygens (including phenoxy) is 3. The lowest BCUT2D eigenvalue weighted by Crippen LogP contribution is -2.56. The zero-order valence-electron chi connectivity index (χ0n) is 13.1. The molecule has 6 nitrogen and oxygen atoms in total. The van der Waals surface area contributed by atoms with Gasteiger partial charge in [0.25, 0.3) is 5.91 Å². The molecule has 0 radical (unpaired) electrons. The first-order valence-electron chi connectivity index (χ1n) is 7.31. The minimum atomic E-state index is -0.0957. The van der Waals surface area contributed by atoms with Crippen molar-refractivity contribution in [1.82, 2.24) is 9.88 Å². The standard InChI is InChI=1S/C17H18N2O4/c1-21-14-7-5-6-13(16(14)22-2)17(20)19-10-12(11-19)23-15-8-3-4-9-18-15/h3-9,12H,10-11H2,1-2H3. The van der Waals surface area contributed by atoms with E-state index in [0.29, 0.717) is 36.0 Å². The highest BCUT2D eigenvalue weighted by atomic mass is 16.5. The van der Waals surface area contributed by atoms with Gasteiger partial charge in [-0.05, 0) is 18.2 Å². The van der Waals surface area contributed by atoms with Crippen molar-refractivity contribution in [3.05, 3.63) is 48.2 Å². The molecule has 1 aromatic heterocycles. The second-order valence-electron chi connectivity index (χ2n) is 5.16. The Morgan fingerprint density at radius 2 is 1.96 bits per heavy atom. The highest BCUT2D eigenvalue weighted by Crippen LogP contribution is 2.32. The summed E-state index contributed by atoms with van der Waals surface area (Å²) < 4.78 is 16.3. The first-order valence-corrected chi connectivity index (χ1v) is 7.31. The fourth-order valence-electron chi connectivity index (χ4n) is 2.49. The van der Waals surface area contributed by atoms with Gasteiger partial charge in [-0.2, -0.15) is 0 Å². The Hall–Kier alpha value is -2.76. The largest absolute Gasteiger partial charge is 0.493 e. The number of nitrogens with zero attached hydrogens (tertiary/aromatic N) is 2. The minimum Gasteiger partial charge on any atom is -0.493 e. The molecule has 0 bridgehead atoms. The van der Waals surface area contributed by atoms with E-state index in [1.54, 1.807) is 42.5 Å². The normalized spacial score (nSPS) is 14.1. The van der Waals surface area contributed by atoms with E-state index in [4.69, 9.17) is 14.2 Å². The maximum Gasteiger partial charge on any atom is 0.258 e. The topological polar surface area (TPSA) is 60.9 Å². The van der Waals surface area contributed by atoms with E-state index in [9.17, 15) is 4.79 Å². The summed E-state index contributed by atoms with van der Waals surface area (Å²) in [6.07, 6.45) is 1.64. The van der Waals surface area contributed by atoms with Crippen molar-refractivity contribution in [1.29, 1.82) is 0 Å². The van der Waals surface area contributed by atoms with Gasteiger partial charge in [-0.15, -0.1) is 0 Å². The van der Waals surface area contributed by atoms with Crippen LogP contribution in [0.5, 0.6) is 17.4 Å². The summed E-state index contributed by atoms with van der Waals surface area (Å²) in [4.78, 5) is 18.4. The van der Waals surface area contributed by atoms with Crippen LogP contribution in [0.4, 0.5) is 0 Å². The van der Waals surface area contributed by atoms with E-state index in [-0.39, 0.29) is 12.0 Å². The zero-order valence-corrected chi connectivity index (χ0v) is 13.1. The molecule has 1 amide bonds. The van der Waals surface area contributed by atoms with Crippen LogP contribution in [0.3, 0.4) is 0 Å². The number of hydrogen-bond acceptors (Lipinski definition) is 5. The molecule has 6 heteroatoms. The molecule has 2 heterocycles. The van der Waals surface area contributed by atoms with E-state index >= 15 is 0 Å². The van der Waals surface area contributed by atoms with Crippen LogP contribution >= 0.6 is 0 Å². The molecule has 2 aromatic rings. The third-order valence-electron chi connectivity index (χ3n) is 3.69. The van der Waals surface area contributed by atoms with Crippen LogP contribution in [0.15, 0.2) is 42.6 Å². The number of carbonyl (C=O) groups excluding carboxylic acids is 1. The van der Waals surface area contributed by atoms with Gasteiger partial charge in [-0.1, -0.05) is 12.1 Å². The molecular formula is C17H18N2O4. The van der Waals surface area contributed by atoms with Gasteiger partial charge < -0.3 is 19.1 Å². The molecular weight excluding hydrogens is 296 g/mol. The Bertz CT molecular complexity index is 684. The molecule has 0 atom stereocenters. The van der Waals surface area contributed by atoms with Crippen LogP contribution in [-0.4, -0.2) is 49.2 Å². The van der Waals surface area contributed by atoms with Gasteiger partial charge in [0.2, 0.25) is 5.88 Å². The molecule has 0 aliphatic carbocycles. The van der Waals surface area contributed by atoms with Crippen molar-refractivity contribution in [3.63, 3.8) is 0 Å². The molecule has 23 heavy (non-hydrogen) atoms. The number of para-hydroxylation sites is 1. The van der Waals surface area contributed by atoms with Crippen molar-refractivity contribution >= 4 is 5.91 Å². The van der Waals surface area contributed by atoms with Gasteiger partial charge in [0.05, 0.1) is 32.9 Å². The van der Waals surface area contributed by atoms with Gasteiger partial charge in [0.1, 0.15) is 6.10 Å². The molecule has 0 saturated carbocycles. The van der Waals surface area contributed by atoms with Crippen molar-refractivity contribution in [2.75, 3.05) is 27.3 Å². The maximum atomic E-state index is 12.6. The smallest absolute Gasteiger partial charge is 0.258 e. The maximum absolute atomic E-state index is 12.6. The molecule has 1 fully saturated rings. The number of methoxy groups -OCH3 is 2. The first kappa shape index (κ1) is 15.1.